The number of halogens is 1. The van der Waals surface area contributed by atoms with Gasteiger partial charge in [-0.05, 0) is 147 Å². The molecule has 0 bridgehead atoms. The van der Waals surface area contributed by atoms with Gasteiger partial charge in [0, 0.05) is 43.7 Å². The molecular formula is C48H52ClN5O7. The van der Waals surface area contributed by atoms with E-state index in [4.69, 9.17) is 16.3 Å². The van der Waals surface area contributed by atoms with Gasteiger partial charge in [0.25, 0.3) is 11.8 Å². The highest BCUT2D eigenvalue weighted by molar-refractivity contribution is 6.23. The van der Waals surface area contributed by atoms with E-state index in [-0.39, 0.29) is 41.5 Å². The maximum atomic E-state index is 13.3. The molecule has 318 valence electrons. The Kier molecular flexibility index (Phi) is 13.0. The SMILES string of the molecule is O=C1CCC(N2C(=O)c3ccc(NC4CCCN(CC5CCN(CCOc6ccc(C(=C(CCCl)c7ccc(O)cc7)c7ccc(O)cc7)cc6)CC5)C4)cc3C2=O)C(=O)N1. The zero-order chi connectivity index (χ0) is 42.5. The summed E-state index contributed by atoms with van der Waals surface area (Å²) >= 11 is 6.31. The Labute approximate surface area is 361 Å². The molecule has 4 aliphatic rings. The molecule has 0 aromatic heterocycles. The Morgan fingerprint density at radius 1 is 0.754 bits per heavy atom. The van der Waals surface area contributed by atoms with Gasteiger partial charge < -0.3 is 25.2 Å². The van der Waals surface area contributed by atoms with Gasteiger partial charge >= 0.3 is 0 Å². The summed E-state index contributed by atoms with van der Waals surface area (Å²) in [4.78, 5) is 56.6. The highest BCUT2D eigenvalue weighted by Gasteiger charge is 2.44. The van der Waals surface area contributed by atoms with E-state index < -0.39 is 29.7 Å². The number of alkyl halides is 1. The Bertz CT molecular complexity index is 2270. The van der Waals surface area contributed by atoms with Gasteiger partial charge in [-0.15, -0.1) is 11.6 Å². The average Bonchev–Trinajstić information content (AvgIpc) is 3.50. The first-order chi connectivity index (χ1) is 29.6. The minimum atomic E-state index is -0.977. The van der Waals surface area contributed by atoms with Crippen LogP contribution in [0.15, 0.2) is 91.0 Å². The molecular weight excluding hydrogens is 794 g/mol. The number of anilines is 1. The van der Waals surface area contributed by atoms with Crippen LogP contribution >= 0.6 is 11.6 Å². The van der Waals surface area contributed by atoms with Gasteiger partial charge in [-0.3, -0.25) is 34.3 Å². The number of amides is 4. The number of benzene rings is 4. The standard InChI is InChI=1S/C48H52ClN5O7/c49-22-19-40(32-3-10-37(55)11-4-32)45(33-5-12-38(56)13-6-33)34-7-14-39(15-8-34)61-27-26-52-24-20-31(21-25-52)29-53-23-1-2-36(30-53)50-35-9-16-41-42(28-35)48(60)54(47(41)59)43-17-18-44(57)51-46(43)58/h3-16,28,31,36,43,50,55-56H,1-2,17-27,29-30H2,(H,51,57,58). The topological polar surface area (TPSA) is 152 Å². The van der Waals surface area contributed by atoms with Gasteiger partial charge in [-0.25, -0.2) is 0 Å². The van der Waals surface area contributed by atoms with E-state index >= 15 is 0 Å². The van der Waals surface area contributed by atoms with E-state index in [1.807, 2.05) is 42.5 Å². The van der Waals surface area contributed by atoms with Crippen molar-refractivity contribution in [2.24, 2.45) is 5.92 Å². The summed E-state index contributed by atoms with van der Waals surface area (Å²) in [5.74, 6) is 0.252. The number of carbonyl (C=O) groups is 4. The Balaban J connectivity index is 0.805. The van der Waals surface area contributed by atoms with E-state index in [0.29, 0.717) is 24.8 Å². The second-order valence-corrected chi connectivity index (χ2v) is 16.9. The van der Waals surface area contributed by atoms with E-state index in [9.17, 15) is 29.4 Å². The van der Waals surface area contributed by atoms with Crippen LogP contribution in [0.2, 0.25) is 0 Å². The first kappa shape index (κ1) is 42.0. The van der Waals surface area contributed by atoms with E-state index in [0.717, 1.165) is 109 Å². The van der Waals surface area contributed by atoms with Gasteiger partial charge in [-0.2, -0.15) is 0 Å². The average molecular weight is 846 g/mol. The lowest BCUT2D eigenvalue weighted by Crippen LogP contribution is -2.54. The van der Waals surface area contributed by atoms with Crippen molar-refractivity contribution in [2.75, 3.05) is 57.1 Å². The molecule has 4 amide bonds. The minimum Gasteiger partial charge on any atom is -0.508 e. The normalized spacial score (nSPS) is 20.6. The molecule has 4 aliphatic heterocycles. The van der Waals surface area contributed by atoms with Crippen LogP contribution in [0.1, 0.15) is 82.4 Å². The van der Waals surface area contributed by atoms with Crippen LogP contribution in [-0.2, 0) is 9.59 Å². The number of carbonyl (C=O) groups excluding carboxylic acids is 4. The number of imide groups is 2. The van der Waals surface area contributed by atoms with Gasteiger partial charge in [-0.1, -0.05) is 36.4 Å². The molecule has 0 aliphatic carbocycles. The number of likely N-dealkylation sites (tertiary alicyclic amines) is 2. The van der Waals surface area contributed by atoms with Gasteiger partial charge in [0.2, 0.25) is 11.8 Å². The minimum absolute atomic E-state index is 0.0901. The predicted molar refractivity (Wildman–Crippen MR) is 235 cm³/mol. The Morgan fingerprint density at radius 2 is 1.41 bits per heavy atom. The van der Waals surface area contributed by atoms with Crippen molar-refractivity contribution in [1.82, 2.24) is 20.0 Å². The summed E-state index contributed by atoms with van der Waals surface area (Å²) in [5, 5.41) is 25.8. The molecule has 4 N–H and O–H groups in total. The molecule has 4 aromatic rings. The van der Waals surface area contributed by atoms with Crippen molar-refractivity contribution >= 4 is 52.1 Å². The highest BCUT2D eigenvalue weighted by Crippen LogP contribution is 2.37. The molecule has 3 saturated heterocycles. The molecule has 8 rings (SSSR count). The van der Waals surface area contributed by atoms with Gasteiger partial charge in [0.05, 0.1) is 11.1 Å². The summed E-state index contributed by atoms with van der Waals surface area (Å²) < 4.78 is 6.24. The number of aromatic hydroxyl groups is 2. The second-order valence-electron chi connectivity index (χ2n) is 16.5. The van der Waals surface area contributed by atoms with Crippen molar-refractivity contribution in [3.05, 3.63) is 119 Å². The van der Waals surface area contributed by atoms with Crippen molar-refractivity contribution in [2.45, 2.75) is 57.0 Å². The fourth-order valence-electron chi connectivity index (χ4n) is 9.22. The number of nitrogens with one attached hydrogen (secondary N) is 2. The molecule has 4 aromatic carbocycles. The van der Waals surface area contributed by atoms with Gasteiger partial charge in [0.1, 0.15) is 29.9 Å². The summed E-state index contributed by atoms with van der Waals surface area (Å²) in [6, 6.07) is 26.9. The quantitative estimate of drug-likeness (QED) is 0.0610. The molecule has 12 nitrogen and oxygen atoms in total. The third-order valence-corrected chi connectivity index (χ3v) is 12.6. The van der Waals surface area contributed by atoms with Crippen LogP contribution in [0.4, 0.5) is 5.69 Å². The largest absolute Gasteiger partial charge is 0.508 e. The van der Waals surface area contributed by atoms with Crippen molar-refractivity contribution in [3.8, 4) is 17.2 Å². The number of fused-ring (bicyclic) bond motifs is 1. The molecule has 3 fully saturated rings. The lowest BCUT2D eigenvalue weighted by Gasteiger charge is -2.38. The maximum absolute atomic E-state index is 13.3. The zero-order valence-corrected chi connectivity index (χ0v) is 34.9. The lowest BCUT2D eigenvalue weighted by molar-refractivity contribution is -0.136. The summed E-state index contributed by atoms with van der Waals surface area (Å²) in [5.41, 5.74) is 6.33. The number of hydrogen-bond donors (Lipinski definition) is 4. The molecule has 4 heterocycles. The van der Waals surface area contributed by atoms with Crippen LogP contribution in [0.3, 0.4) is 0 Å². The smallest absolute Gasteiger partial charge is 0.262 e. The van der Waals surface area contributed by atoms with Crippen molar-refractivity contribution in [1.29, 1.82) is 0 Å². The zero-order valence-electron chi connectivity index (χ0n) is 34.2. The first-order valence-electron chi connectivity index (χ1n) is 21.3. The van der Waals surface area contributed by atoms with Crippen LogP contribution in [0, 0.1) is 5.92 Å². The third-order valence-electron chi connectivity index (χ3n) is 12.4. The van der Waals surface area contributed by atoms with Crippen LogP contribution < -0.4 is 15.4 Å². The van der Waals surface area contributed by atoms with Crippen molar-refractivity contribution < 1.29 is 34.1 Å². The Hall–Kier alpha value is -5.69. The summed E-state index contributed by atoms with van der Waals surface area (Å²) in [7, 11) is 0. The molecule has 2 atom stereocenters. The predicted octanol–water partition coefficient (Wildman–Crippen LogP) is 6.75. The number of phenolic OH excluding ortho intramolecular Hbond substituents is 2. The third kappa shape index (κ3) is 9.77. The highest BCUT2D eigenvalue weighted by atomic mass is 35.5. The monoisotopic (exact) mass is 845 g/mol. The van der Waals surface area contributed by atoms with E-state index in [2.05, 4.69) is 32.6 Å². The summed E-state index contributed by atoms with van der Waals surface area (Å²) in [6.07, 6.45) is 5.19. The number of piperidine rings is 3. The number of allylic oxidation sites excluding steroid dienone is 1. The lowest BCUT2D eigenvalue weighted by atomic mass is 9.88. The number of phenols is 2. The van der Waals surface area contributed by atoms with Crippen LogP contribution in [-0.4, -0.2) is 112 Å². The van der Waals surface area contributed by atoms with Crippen LogP contribution in [0.25, 0.3) is 11.1 Å². The van der Waals surface area contributed by atoms with Crippen LogP contribution in [0.5, 0.6) is 17.2 Å². The molecule has 13 heteroatoms. The van der Waals surface area contributed by atoms with Gasteiger partial charge in [0.15, 0.2) is 0 Å². The molecule has 0 radical (unpaired) electrons. The Morgan fingerprint density at radius 3 is 2.08 bits per heavy atom. The number of hydrogen-bond acceptors (Lipinski definition) is 10. The molecule has 2 unspecified atom stereocenters. The summed E-state index contributed by atoms with van der Waals surface area (Å²) in [6.45, 7) is 6.50. The number of rotatable bonds is 14. The molecule has 0 saturated carbocycles. The maximum Gasteiger partial charge on any atom is 0.262 e. The molecule has 61 heavy (non-hydrogen) atoms. The number of nitrogens with zero attached hydrogens (tertiary/aromatic N) is 3. The van der Waals surface area contributed by atoms with E-state index in [1.54, 1.807) is 36.4 Å². The molecule has 0 spiro atoms. The number of ether oxygens (including phenoxy) is 1. The fourth-order valence-corrected chi connectivity index (χ4v) is 9.41. The first-order valence-corrected chi connectivity index (χ1v) is 21.8. The fraction of sp³-hybridized carbons (Fsp3) is 0.375. The van der Waals surface area contributed by atoms with Crippen molar-refractivity contribution in [3.63, 3.8) is 0 Å². The van der Waals surface area contributed by atoms with E-state index in [1.165, 1.54) is 0 Å². The second kappa shape index (κ2) is 18.9.